The summed E-state index contributed by atoms with van der Waals surface area (Å²) in [5.74, 6) is 2.72. The third-order valence-electron chi connectivity index (χ3n) is 3.32. The van der Waals surface area contributed by atoms with E-state index >= 15 is 0 Å². The minimum atomic E-state index is 0.201. The third kappa shape index (κ3) is 3.03. The normalized spacial score (nSPS) is 14.2. The Bertz CT molecular complexity index is 640. The van der Waals surface area contributed by atoms with Gasteiger partial charge in [-0.25, -0.2) is 0 Å². The molecule has 6 nitrogen and oxygen atoms in total. The first-order valence-corrected chi connectivity index (χ1v) is 7.54. The molecule has 1 aliphatic rings. The number of ether oxygens (including phenoxy) is 2. The molecule has 0 unspecified atom stereocenters. The number of benzene rings is 1. The molecule has 1 aromatic carbocycles. The van der Waals surface area contributed by atoms with Crippen molar-refractivity contribution in [1.82, 2.24) is 10.1 Å². The van der Waals surface area contributed by atoms with Crippen LogP contribution in [0, 0.1) is 5.92 Å². The molecule has 0 bridgehead atoms. The number of rotatable bonds is 6. The minimum absolute atomic E-state index is 0.201. The average molecular weight is 354 g/mol. The van der Waals surface area contributed by atoms with Gasteiger partial charge in [0.2, 0.25) is 11.7 Å². The Labute approximate surface area is 130 Å². The molecule has 21 heavy (non-hydrogen) atoms. The molecule has 1 aliphatic carbocycles. The van der Waals surface area contributed by atoms with Gasteiger partial charge in [0.05, 0.1) is 25.8 Å². The van der Waals surface area contributed by atoms with E-state index in [9.17, 15) is 0 Å². The summed E-state index contributed by atoms with van der Waals surface area (Å²) in [6.45, 7) is 0.869. The van der Waals surface area contributed by atoms with Crippen LogP contribution >= 0.6 is 15.9 Å². The smallest absolute Gasteiger partial charge is 0.240 e. The zero-order valence-electron chi connectivity index (χ0n) is 11.6. The standard InChI is InChI=1S/C14H16BrN3O3/c1-19-10-5-4-9(15)12(13(10)20-7-8-2-3-8)14-17-11(6-16)21-18-14/h4-5,8H,2-3,6-7,16H2,1H3. The molecule has 0 saturated heterocycles. The SMILES string of the molecule is COc1ccc(Br)c(-c2noc(CN)n2)c1OCC1CC1. The van der Waals surface area contributed by atoms with E-state index in [-0.39, 0.29) is 6.54 Å². The van der Waals surface area contributed by atoms with Gasteiger partial charge in [0.25, 0.3) is 0 Å². The fraction of sp³-hybridized carbons (Fsp3) is 0.429. The fourth-order valence-corrected chi connectivity index (χ4v) is 2.47. The maximum absolute atomic E-state index is 5.95. The Morgan fingerprint density at radius 1 is 1.43 bits per heavy atom. The maximum Gasteiger partial charge on any atom is 0.240 e. The van der Waals surface area contributed by atoms with Crippen molar-refractivity contribution in [3.63, 3.8) is 0 Å². The Morgan fingerprint density at radius 3 is 2.86 bits per heavy atom. The number of hydrogen-bond donors (Lipinski definition) is 1. The van der Waals surface area contributed by atoms with E-state index in [2.05, 4.69) is 26.1 Å². The molecular weight excluding hydrogens is 338 g/mol. The lowest BCUT2D eigenvalue weighted by molar-refractivity contribution is 0.281. The van der Waals surface area contributed by atoms with Crippen molar-refractivity contribution in [3.8, 4) is 22.9 Å². The molecule has 1 aromatic heterocycles. The fourth-order valence-electron chi connectivity index (χ4n) is 1.98. The Morgan fingerprint density at radius 2 is 2.24 bits per heavy atom. The molecule has 0 spiro atoms. The second kappa shape index (κ2) is 6.03. The Balaban J connectivity index is 2.02. The summed E-state index contributed by atoms with van der Waals surface area (Å²) in [4.78, 5) is 4.27. The van der Waals surface area contributed by atoms with Crippen LogP contribution in [0.3, 0.4) is 0 Å². The van der Waals surface area contributed by atoms with Crippen LogP contribution in [-0.2, 0) is 6.54 Å². The van der Waals surface area contributed by atoms with Crippen LogP contribution in [0.25, 0.3) is 11.4 Å². The first kappa shape index (κ1) is 14.3. The van der Waals surface area contributed by atoms with Crippen molar-refractivity contribution in [2.75, 3.05) is 13.7 Å². The monoisotopic (exact) mass is 353 g/mol. The summed E-state index contributed by atoms with van der Waals surface area (Å²) in [6.07, 6.45) is 2.43. The summed E-state index contributed by atoms with van der Waals surface area (Å²) in [7, 11) is 1.61. The van der Waals surface area contributed by atoms with Crippen LogP contribution in [0.4, 0.5) is 0 Å². The van der Waals surface area contributed by atoms with Crippen LogP contribution in [-0.4, -0.2) is 23.9 Å². The van der Waals surface area contributed by atoms with Crippen molar-refractivity contribution < 1.29 is 14.0 Å². The van der Waals surface area contributed by atoms with Gasteiger partial charge in [-0.15, -0.1) is 0 Å². The number of methoxy groups -OCH3 is 1. The maximum atomic E-state index is 5.95. The molecule has 1 fully saturated rings. The highest BCUT2D eigenvalue weighted by molar-refractivity contribution is 9.10. The molecule has 0 radical (unpaired) electrons. The molecule has 3 rings (SSSR count). The molecule has 1 heterocycles. The summed E-state index contributed by atoms with van der Waals surface area (Å²) in [6, 6.07) is 3.72. The van der Waals surface area contributed by atoms with Crippen molar-refractivity contribution in [3.05, 3.63) is 22.5 Å². The van der Waals surface area contributed by atoms with Gasteiger partial charge in [-0.05, 0) is 46.8 Å². The lowest BCUT2D eigenvalue weighted by atomic mass is 10.1. The summed E-state index contributed by atoms with van der Waals surface area (Å²) in [5.41, 5.74) is 6.24. The van der Waals surface area contributed by atoms with Gasteiger partial charge >= 0.3 is 0 Å². The van der Waals surface area contributed by atoms with E-state index in [0.717, 1.165) is 10.0 Å². The van der Waals surface area contributed by atoms with E-state index in [4.69, 9.17) is 19.7 Å². The predicted molar refractivity (Wildman–Crippen MR) is 80.1 cm³/mol. The zero-order chi connectivity index (χ0) is 14.8. The van der Waals surface area contributed by atoms with Crippen LogP contribution in [0.1, 0.15) is 18.7 Å². The Kier molecular flexibility index (Phi) is 4.12. The Hall–Kier alpha value is -1.60. The van der Waals surface area contributed by atoms with Crippen LogP contribution < -0.4 is 15.2 Å². The van der Waals surface area contributed by atoms with Crippen molar-refractivity contribution in [2.45, 2.75) is 19.4 Å². The summed E-state index contributed by atoms with van der Waals surface area (Å²) >= 11 is 3.51. The molecule has 7 heteroatoms. The van der Waals surface area contributed by atoms with E-state index in [1.807, 2.05) is 12.1 Å². The first-order valence-electron chi connectivity index (χ1n) is 6.75. The van der Waals surface area contributed by atoms with Gasteiger partial charge in [-0.3, -0.25) is 0 Å². The number of halogens is 1. The van der Waals surface area contributed by atoms with Gasteiger partial charge in [0, 0.05) is 4.47 Å². The van der Waals surface area contributed by atoms with Gasteiger partial charge in [-0.1, -0.05) is 5.16 Å². The molecule has 0 amide bonds. The highest BCUT2D eigenvalue weighted by atomic mass is 79.9. The van der Waals surface area contributed by atoms with Gasteiger partial charge in [-0.2, -0.15) is 4.98 Å². The van der Waals surface area contributed by atoms with E-state index < -0.39 is 0 Å². The van der Waals surface area contributed by atoms with E-state index in [1.165, 1.54) is 12.8 Å². The topological polar surface area (TPSA) is 83.4 Å². The second-order valence-corrected chi connectivity index (χ2v) is 5.78. The second-order valence-electron chi connectivity index (χ2n) is 4.92. The molecule has 0 aliphatic heterocycles. The molecular formula is C14H16BrN3O3. The van der Waals surface area contributed by atoms with E-state index in [0.29, 0.717) is 35.7 Å². The number of aromatic nitrogens is 2. The zero-order valence-corrected chi connectivity index (χ0v) is 13.2. The summed E-state index contributed by atoms with van der Waals surface area (Å²) < 4.78 is 17.2. The predicted octanol–water partition coefficient (Wildman–Crippen LogP) is 2.76. The quantitative estimate of drug-likeness (QED) is 0.859. The molecule has 1 saturated carbocycles. The first-order chi connectivity index (χ1) is 10.2. The van der Waals surface area contributed by atoms with E-state index in [1.54, 1.807) is 7.11 Å². The van der Waals surface area contributed by atoms with Crippen molar-refractivity contribution in [1.29, 1.82) is 0 Å². The minimum Gasteiger partial charge on any atom is -0.493 e. The lowest BCUT2D eigenvalue weighted by Gasteiger charge is -2.14. The molecule has 2 N–H and O–H groups in total. The van der Waals surface area contributed by atoms with Crippen LogP contribution in [0.15, 0.2) is 21.1 Å². The van der Waals surface area contributed by atoms with Crippen LogP contribution in [0.5, 0.6) is 11.5 Å². The van der Waals surface area contributed by atoms with Crippen molar-refractivity contribution >= 4 is 15.9 Å². The molecule has 2 aromatic rings. The number of hydrogen-bond acceptors (Lipinski definition) is 6. The van der Waals surface area contributed by atoms with Gasteiger partial charge < -0.3 is 19.7 Å². The highest BCUT2D eigenvalue weighted by Gasteiger charge is 2.25. The average Bonchev–Trinajstić information content (AvgIpc) is 3.21. The highest BCUT2D eigenvalue weighted by Crippen LogP contribution is 2.43. The summed E-state index contributed by atoms with van der Waals surface area (Å²) in [5, 5.41) is 3.97. The largest absolute Gasteiger partial charge is 0.493 e. The van der Waals surface area contributed by atoms with Gasteiger partial charge in [0.1, 0.15) is 0 Å². The van der Waals surface area contributed by atoms with Crippen molar-refractivity contribution in [2.24, 2.45) is 11.7 Å². The molecule has 0 atom stereocenters. The van der Waals surface area contributed by atoms with Crippen LogP contribution in [0.2, 0.25) is 0 Å². The lowest BCUT2D eigenvalue weighted by Crippen LogP contribution is -2.03. The number of nitrogens with two attached hydrogens (primary N) is 1. The number of nitrogens with zero attached hydrogens (tertiary/aromatic N) is 2. The van der Waals surface area contributed by atoms with Gasteiger partial charge in [0.15, 0.2) is 11.5 Å². The molecule has 112 valence electrons. The third-order valence-corrected chi connectivity index (χ3v) is 3.98.